The first kappa shape index (κ1) is 23.0. The Morgan fingerprint density at radius 1 is 1.15 bits per heavy atom. The molecule has 0 aromatic heterocycles. The largest absolute Gasteiger partial charge is 0.461 e. The highest BCUT2D eigenvalue weighted by Gasteiger charge is 2.56. The van der Waals surface area contributed by atoms with Crippen LogP contribution in [0.3, 0.4) is 0 Å². The van der Waals surface area contributed by atoms with Gasteiger partial charge in [-0.3, -0.25) is 14.4 Å². The third-order valence-electron chi connectivity index (χ3n) is 6.15. The van der Waals surface area contributed by atoms with E-state index in [2.05, 4.69) is 0 Å². The van der Waals surface area contributed by atoms with Crippen molar-refractivity contribution in [1.82, 2.24) is 9.80 Å². The molecule has 4 rings (SSSR count). The minimum atomic E-state index is -1.46. The van der Waals surface area contributed by atoms with Crippen LogP contribution in [0.15, 0.2) is 48.5 Å². The molecule has 2 atom stereocenters. The Labute approximate surface area is 196 Å². The third kappa shape index (κ3) is 4.53. The number of benzene rings is 2. The third-order valence-corrected chi connectivity index (χ3v) is 6.40. The molecule has 0 saturated carbocycles. The maximum Gasteiger partial charge on any atom is 0.255 e. The van der Waals surface area contributed by atoms with Gasteiger partial charge in [-0.05, 0) is 48.4 Å². The Morgan fingerprint density at radius 3 is 2.39 bits per heavy atom. The van der Waals surface area contributed by atoms with Crippen molar-refractivity contribution in [2.45, 2.75) is 38.7 Å². The molecular weight excluding hydrogens is 449 g/mol. The number of halogens is 2. The molecule has 2 heterocycles. The lowest BCUT2D eigenvalue weighted by atomic mass is 9.90. The first-order valence-electron chi connectivity index (χ1n) is 10.7. The minimum Gasteiger partial charge on any atom is -0.461 e. The number of alkyl halides is 1. The second kappa shape index (κ2) is 9.02. The molecule has 2 aliphatic rings. The summed E-state index contributed by atoms with van der Waals surface area (Å²) in [5, 5.41) is 0.582. The zero-order valence-corrected chi connectivity index (χ0v) is 19.2. The highest BCUT2D eigenvalue weighted by atomic mass is 35.5. The molecule has 0 bridgehead atoms. The van der Waals surface area contributed by atoms with Gasteiger partial charge in [0, 0.05) is 37.6 Å². The van der Waals surface area contributed by atoms with E-state index in [1.165, 1.54) is 18.7 Å². The number of likely N-dealkylation sites (tertiary alicyclic amines) is 1. The van der Waals surface area contributed by atoms with Crippen LogP contribution in [0.25, 0.3) is 0 Å². The fourth-order valence-electron chi connectivity index (χ4n) is 4.47. The number of nitrogens with zero attached hydrogens (tertiary/aromatic N) is 3. The van der Waals surface area contributed by atoms with Gasteiger partial charge in [0.15, 0.2) is 0 Å². The second-order valence-electron chi connectivity index (χ2n) is 8.37. The lowest BCUT2D eigenvalue weighted by molar-refractivity contribution is -0.151. The maximum atomic E-state index is 13.9. The van der Waals surface area contributed by atoms with Crippen LogP contribution in [-0.2, 0) is 20.9 Å². The van der Waals surface area contributed by atoms with Crippen LogP contribution in [0.2, 0.25) is 5.02 Å². The number of anilines is 1. The monoisotopic (exact) mass is 473 g/mol. The number of ether oxygens (including phenoxy) is 1. The number of amides is 3. The van der Waals surface area contributed by atoms with E-state index in [1.54, 1.807) is 46.2 Å². The molecule has 0 radical (unpaired) electrons. The SMILES string of the molecule is CC(=O)N1CC[C@@]2(C1)C(=O)N(c1ccc(OC(C)F)cc1)CC(=O)N2Cc1ccc(Cl)cc1. The van der Waals surface area contributed by atoms with Gasteiger partial charge in [-0.15, -0.1) is 0 Å². The van der Waals surface area contributed by atoms with Crippen molar-refractivity contribution in [1.29, 1.82) is 0 Å². The zero-order chi connectivity index (χ0) is 23.8. The normalized spacial score (nSPS) is 21.6. The molecule has 2 saturated heterocycles. The standard InChI is InChI=1S/C24H25ClFN3O4/c1-16(26)33-21-9-7-20(8-10-21)28-14-22(31)29(13-18-3-5-19(25)6-4-18)24(23(28)32)11-12-27(15-24)17(2)30/h3-10,16H,11-15H2,1-2H3/t16?,24-/m1/s1. The molecule has 7 nitrogen and oxygen atoms in total. The second-order valence-corrected chi connectivity index (χ2v) is 8.81. The molecule has 2 fully saturated rings. The molecule has 0 N–H and O–H groups in total. The smallest absolute Gasteiger partial charge is 0.255 e. The Hall–Kier alpha value is -3.13. The van der Waals surface area contributed by atoms with Crippen molar-refractivity contribution >= 4 is 35.0 Å². The van der Waals surface area contributed by atoms with E-state index in [-0.39, 0.29) is 37.4 Å². The predicted molar refractivity (Wildman–Crippen MR) is 122 cm³/mol. The molecule has 2 aliphatic heterocycles. The average molecular weight is 474 g/mol. The van der Waals surface area contributed by atoms with Gasteiger partial charge in [-0.2, -0.15) is 0 Å². The van der Waals surface area contributed by atoms with Gasteiger partial charge in [0.25, 0.3) is 5.91 Å². The summed E-state index contributed by atoms with van der Waals surface area (Å²) < 4.78 is 18.2. The number of hydrogen-bond donors (Lipinski definition) is 0. The van der Waals surface area contributed by atoms with Crippen LogP contribution in [0.4, 0.5) is 10.1 Å². The summed E-state index contributed by atoms with van der Waals surface area (Å²) in [4.78, 5) is 43.9. The van der Waals surface area contributed by atoms with Gasteiger partial charge in [-0.25, -0.2) is 4.39 Å². The van der Waals surface area contributed by atoms with Crippen LogP contribution in [0.5, 0.6) is 5.75 Å². The maximum absolute atomic E-state index is 13.9. The van der Waals surface area contributed by atoms with Crippen molar-refractivity contribution < 1.29 is 23.5 Å². The van der Waals surface area contributed by atoms with Gasteiger partial charge in [-0.1, -0.05) is 23.7 Å². The van der Waals surface area contributed by atoms with Gasteiger partial charge in [0.1, 0.15) is 17.8 Å². The van der Waals surface area contributed by atoms with Crippen LogP contribution in [0.1, 0.15) is 25.8 Å². The molecule has 0 aliphatic carbocycles. The van der Waals surface area contributed by atoms with Crippen molar-refractivity contribution in [3.63, 3.8) is 0 Å². The van der Waals surface area contributed by atoms with Crippen LogP contribution in [-0.4, -0.2) is 59.1 Å². The van der Waals surface area contributed by atoms with E-state index in [1.807, 2.05) is 12.1 Å². The Balaban J connectivity index is 1.66. The van der Waals surface area contributed by atoms with Gasteiger partial charge >= 0.3 is 0 Å². The lowest BCUT2D eigenvalue weighted by Crippen LogP contribution is -2.69. The molecule has 9 heteroatoms. The summed E-state index contributed by atoms with van der Waals surface area (Å²) >= 11 is 5.99. The fraction of sp³-hybridized carbons (Fsp3) is 0.375. The van der Waals surface area contributed by atoms with Crippen LogP contribution < -0.4 is 9.64 Å². The minimum absolute atomic E-state index is 0.131. The average Bonchev–Trinajstić information content (AvgIpc) is 3.22. The van der Waals surface area contributed by atoms with Gasteiger partial charge < -0.3 is 19.4 Å². The summed E-state index contributed by atoms with van der Waals surface area (Å²) in [6, 6.07) is 13.5. The quantitative estimate of drug-likeness (QED) is 0.667. The number of hydrogen-bond acceptors (Lipinski definition) is 4. The molecule has 1 unspecified atom stereocenters. The van der Waals surface area contributed by atoms with Crippen LogP contribution in [0, 0.1) is 0 Å². The predicted octanol–water partition coefficient (Wildman–Crippen LogP) is 3.40. The van der Waals surface area contributed by atoms with Crippen molar-refractivity contribution in [2.75, 3.05) is 24.5 Å². The zero-order valence-electron chi connectivity index (χ0n) is 18.5. The molecule has 2 aromatic rings. The summed E-state index contributed by atoms with van der Waals surface area (Å²) in [6.45, 7) is 3.37. The molecule has 2 aromatic carbocycles. The summed E-state index contributed by atoms with van der Waals surface area (Å²) in [5.41, 5.74) is 0.194. The topological polar surface area (TPSA) is 70.2 Å². The number of carbonyl (C=O) groups excluding carboxylic acids is 3. The molecule has 174 valence electrons. The van der Waals surface area contributed by atoms with E-state index < -0.39 is 11.9 Å². The van der Waals surface area contributed by atoms with E-state index >= 15 is 0 Å². The first-order valence-corrected chi connectivity index (χ1v) is 11.1. The highest BCUT2D eigenvalue weighted by molar-refractivity contribution is 6.30. The van der Waals surface area contributed by atoms with E-state index in [0.29, 0.717) is 29.4 Å². The Morgan fingerprint density at radius 2 is 1.82 bits per heavy atom. The Kier molecular flexibility index (Phi) is 6.30. The summed E-state index contributed by atoms with van der Waals surface area (Å²) in [6.07, 6.45) is -1.11. The summed E-state index contributed by atoms with van der Waals surface area (Å²) in [7, 11) is 0. The van der Waals surface area contributed by atoms with E-state index in [4.69, 9.17) is 16.3 Å². The number of carbonyl (C=O) groups is 3. The van der Waals surface area contributed by atoms with E-state index in [9.17, 15) is 18.8 Å². The highest BCUT2D eigenvalue weighted by Crippen LogP contribution is 2.37. The summed E-state index contributed by atoms with van der Waals surface area (Å²) in [5.74, 6) is -0.273. The Bertz CT molecular complexity index is 1060. The molecule has 33 heavy (non-hydrogen) atoms. The number of rotatable bonds is 5. The van der Waals surface area contributed by atoms with E-state index in [0.717, 1.165) is 5.56 Å². The molecule has 1 spiro atoms. The van der Waals surface area contributed by atoms with Crippen molar-refractivity contribution in [3.05, 3.63) is 59.1 Å². The number of piperazine rings is 1. The van der Waals surface area contributed by atoms with Crippen molar-refractivity contribution in [2.24, 2.45) is 0 Å². The fourth-order valence-corrected chi connectivity index (χ4v) is 4.59. The lowest BCUT2D eigenvalue weighted by Gasteiger charge is -2.47. The van der Waals surface area contributed by atoms with Crippen molar-refractivity contribution in [3.8, 4) is 5.75 Å². The first-order chi connectivity index (χ1) is 15.7. The van der Waals surface area contributed by atoms with Gasteiger partial charge in [0.05, 0.1) is 6.54 Å². The van der Waals surface area contributed by atoms with Crippen LogP contribution >= 0.6 is 11.6 Å². The molecule has 3 amide bonds. The van der Waals surface area contributed by atoms with Gasteiger partial charge in [0.2, 0.25) is 18.2 Å². The molecular formula is C24H25ClFN3O4.